The highest BCUT2D eigenvalue weighted by Gasteiger charge is 2.20. The zero-order valence-corrected chi connectivity index (χ0v) is 9.37. The molecule has 1 N–H and O–H groups in total. The van der Waals surface area contributed by atoms with Crippen LogP contribution in [0.2, 0.25) is 0 Å². The van der Waals surface area contributed by atoms with Gasteiger partial charge in [-0.1, -0.05) is 0 Å². The fourth-order valence-electron chi connectivity index (χ4n) is 1.04. The molecular weight excluding hydrogens is 206 g/mol. The van der Waals surface area contributed by atoms with Crippen LogP contribution in [-0.4, -0.2) is 45.3 Å². The fraction of sp³-hybridized carbons (Fsp3) is 0.875. The van der Waals surface area contributed by atoms with Crippen LogP contribution in [0, 0.1) is 0 Å². The van der Waals surface area contributed by atoms with Crippen molar-refractivity contribution in [1.82, 2.24) is 4.90 Å². The first-order valence-electron chi connectivity index (χ1n) is 4.34. The summed E-state index contributed by atoms with van der Waals surface area (Å²) in [6.07, 6.45) is 1.24. The minimum atomic E-state index is -0.721. The van der Waals surface area contributed by atoms with Gasteiger partial charge in [0.15, 0.2) is 0 Å². The fourth-order valence-corrected chi connectivity index (χ4v) is 3.40. The predicted octanol–water partition coefficient (Wildman–Crippen LogP) is 1.55. The van der Waals surface area contributed by atoms with Crippen molar-refractivity contribution in [2.75, 3.05) is 23.3 Å². The van der Waals surface area contributed by atoms with E-state index in [1.165, 1.54) is 6.42 Å². The van der Waals surface area contributed by atoms with Gasteiger partial charge < -0.3 is 5.11 Å². The number of carboxylic acids is 1. The Morgan fingerprint density at radius 2 is 1.92 bits per heavy atom. The van der Waals surface area contributed by atoms with Gasteiger partial charge in [0.05, 0.1) is 0 Å². The molecule has 5 heteroatoms. The molecule has 1 rings (SSSR count). The van der Waals surface area contributed by atoms with E-state index >= 15 is 0 Å². The molecule has 0 aromatic carbocycles. The van der Waals surface area contributed by atoms with E-state index in [1.807, 2.05) is 28.4 Å². The van der Waals surface area contributed by atoms with Crippen molar-refractivity contribution in [3.05, 3.63) is 0 Å². The van der Waals surface area contributed by atoms with Crippen molar-refractivity contribution < 1.29 is 9.90 Å². The molecule has 1 aliphatic heterocycles. The number of rotatable bonds is 2. The molecular formula is C8H15NO2S2. The van der Waals surface area contributed by atoms with Gasteiger partial charge in [0, 0.05) is 11.8 Å². The summed E-state index contributed by atoms with van der Waals surface area (Å²) in [7, 11) is 0. The highest BCUT2D eigenvalue weighted by atomic mass is 32.2. The maximum absolute atomic E-state index is 10.7. The van der Waals surface area contributed by atoms with Gasteiger partial charge in [-0.15, -0.1) is 23.5 Å². The third-order valence-corrected chi connectivity index (χ3v) is 4.18. The summed E-state index contributed by atoms with van der Waals surface area (Å²) in [6.45, 7) is 1.76. The molecule has 3 nitrogen and oxygen atoms in total. The minimum Gasteiger partial charge on any atom is -0.480 e. The van der Waals surface area contributed by atoms with Gasteiger partial charge in [-0.2, -0.15) is 0 Å². The summed E-state index contributed by atoms with van der Waals surface area (Å²) in [5.41, 5.74) is 0. The number of carbonyl (C=O) groups is 1. The lowest BCUT2D eigenvalue weighted by molar-refractivity contribution is -0.141. The standard InChI is InChI=1S/C8H15NO2S2/c1-7(8(10)11)9-5-12-3-2-4-13-6-9/h7H,2-6H2,1H3,(H,10,11). The van der Waals surface area contributed by atoms with Gasteiger partial charge in [0.2, 0.25) is 0 Å². The van der Waals surface area contributed by atoms with E-state index in [4.69, 9.17) is 5.11 Å². The molecule has 0 aromatic heterocycles. The number of nitrogens with zero attached hydrogens (tertiary/aromatic N) is 1. The Bertz CT molecular complexity index is 170. The number of hydrogen-bond acceptors (Lipinski definition) is 4. The van der Waals surface area contributed by atoms with E-state index in [0.717, 1.165) is 23.3 Å². The van der Waals surface area contributed by atoms with Crippen molar-refractivity contribution in [3.8, 4) is 0 Å². The molecule has 0 saturated carbocycles. The number of thioether (sulfide) groups is 2. The second-order valence-corrected chi connectivity index (χ2v) is 5.18. The van der Waals surface area contributed by atoms with Gasteiger partial charge in [-0.25, -0.2) is 0 Å². The molecule has 1 aliphatic rings. The number of aliphatic carboxylic acids is 1. The van der Waals surface area contributed by atoms with E-state index in [-0.39, 0.29) is 6.04 Å². The lowest BCUT2D eigenvalue weighted by atomic mass is 10.3. The zero-order chi connectivity index (χ0) is 9.68. The largest absolute Gasteiger partial charge is 0.480 e. The maximum atomic E-state index is 10.7. The molecule has 0 amide bonds. The molecule has 1 saturated heterocycles. The van der Waals surface area contributed by atoms with Gasteiger partial charge >= 0.3 is 5.97 Å². The highest BCUT2D eigenvalue weighted by molar-refractivity contribution is 8.00. The summed E-state index contributed by atoms with van der Waals surface area (Å²) >= 11 is 3.66. The molecule has 0 aromatic rings. The third-order valence-electron chi connectivity index (χ3n) is 2.00. The lowest BCUT2D eigenvalue weighted by Crippen LogP contribution is -2.39. The summed E-state index contributed by atoms with van der Waals surface area (Å²) < 4.78 is 0. The van der Waals surface area contributed by atoms with Crippen molar-refractivity contribution in [2.45, 2.75) is 19.4 Å². The Kier molecular flexibility index (Phi) is 4.98. The zero-order valence-electron chi connectivity index (χ0n) is 7.73. The molecule has 0 radical (unpaired) electrons. The van der Waals surface area contributed by atoms with Crippen molar-refractivity contribution in [3.63, 3.8) is 0 Å². The van der Waals surface area contributed by atoms with Crippen LogP contribution < -0.4 is 0 Å². The summed E-state index contributed by atoms with van der Waals surface area (Å²) in [4.78, 5) is 12.7. The number of hydrogen-bond donors (Lipinski definition) is 1. The van der Waals surface area contributed by atoms with Crippen LogP contribution in [0.1, 0.15) is 13.3 Å². The van der Waals surface area contributed by atoms with Gasteiger partial charge in [-0.05, 0) is 24.9 Å². The summed E-state index contributed by atoms with van der Waals surface area (Å²) in [5.74, 6) is 3.27. The quantitative estimate of drug-likeness (QED) is 0.766. The first-order valence-corrected chi connectivity index (χ1v) is 6.65. The molecule has 0 bridgehead atoms. The van der Waals surface area contributed by atoms with Crippen LogP contribution in [0.15, 0.2) is 0 Å². The molecule has 0 spiro atoms. The molecule has 1 heterocycles. The molecule has 1 fully saturated rings. The first-order chi connectivity index (χ1) is 6.22. The Labute approximate surface area is 87.2 Å². The monoisotopic (exact) mass is 221 g/mol. The van der Waals surface area contributed by atoms with E-state index < -0.39 is 5.97 Å². The van der Waals surface area contributed by atoms with Crippen LogP contribution in [0.5, 0.6) is 0 Å². The normalized spacial score (nSPS) is 23.2. The Balaban J connectivity index is 2.40. The predicted molar refractivity (Wildman–Crippen MR) is 58.2 cm³/mol. The van der Waals surface area contributed by atoms with Crippen LogP contribution in [0.4, 0.5) is 0 Å². The van der Waals surface area contributed by atoms with Crippen LogP contribution in [0.3, 0.4) is 0 Å². The number of carboxylic acid groups (broad SMARTS) is 1. The Morgan fingerprint density at radius 1 is 1.38 bits per heavy atom. The summed E-state index contributed by atoms with van der Waals surface area (Å²) in [6, 6.07) is -0.349. The van der Waals surface area contributed by atoms with Gasteiger partial charge in [0.25, 0.3) is 0 Å². The second-order valence-electron chi connectivity index (χ2n) is 3.03. The summed E-state index contributed by atoms with van der Waals surface area (Å²) in [5, 5.41) is 8.84. The van der Waals surface area contributed by atoms with Crippen LogP contribution in [-0.2, 0) is 4.79 Å². The van der Waals surface area contributed by atoms with Crippen molar-refractivity contribution in [1.29, 1.82) is 0 Å². The first kappa shape index (κ1) is 11.2. The average Bonchev–Trinajstić information content (AvgIpc) is 2.02. The molecule has 0 aliphatic carbocycles. The molecule has 76 valence electrons. The smallest absolute Gasteiger partial charge is 0.320 e. The maximum Gasteiger partial charge on any atom is 0.320 e. The average molecular weight is 221 g/mol. The van der Waals surface area contributed by atoms with Gasteiger partial charge in [0.1, 0.15) is 6.04 Å². The van der Waals surface area contributed by atoms with Crippen molar-refractivity contribution in [2.24, 2.45) is 0 Å². The molecule has 1 unspecified atom stereocenters. The van der Waals surface area contributed by atoms with Crippen LogP contribution >= 0.6 is 23.5 Å². The topological polar surface area (TPSA) is 40.5 Å². The van der Waals surface area contributed by atoms with E-state index in [0.29, 0.717) is 0 Å². The third kappa shape index (κ3) is 3.79. The lowest BCUT2D eigenvalue weighted by Gasteiger charge is -2.26. The van der Waals surface area contributed by atoms with Crippen molar-refractivity contribution >= 4 is 29.5 Å². The van der Waals surface area contributed by atoms with E-state index in [9.17, 15) is 4.79 Å². The SMILES string of the molecule is CC(C(=O)O)N1CSCCCSC1. The minimum absolute atomic E-state index is 0.349. The van der Waals surface area contributed by atoms with Crippen LogP contribution in [0.25, 0.3) is 0 Å². The molecule has 13 heavy (non-hydrogen) atoms. The Morgan fingerprint density at radius 3 is 2.38 bits per heavy atom. The van der Waals surface area contributed by atoms with E-state index in [1.54, 1.807) is 6.92 Å². The van der Waals surface area contributed by atoms with E-state index in [2.05, 4.69) is 0 Å². The second kappa shape index (κ2) is 5.78. The highest BCUT2D eigenvalue weighted by Crippen LogP contribution is 2.18. The molecule has 1 atom stereocenters. The van der Waals surface area contributed by atoms with Gasteiger partial charge in [-0.3, -0.25) is 9.69 Å². The Hall–Kier alpha value is 0.130.